The first-order valence-electron chi connectivity index (χ1n) is 6.00. The Hall–Kier alpha value is 0.584. The summed E-state index contributed by atoms with van der Waals surface area (Å²) in [6, 6.07) is 0. The van der Waals surface area contributed by atoms with Gasteiger partial charge in [-0.25, -0.2) is 0 Å². The molecule has 0 aromatic heterocycles. The molecule has 108 valence electrons. The molecule has 1 aliphatic rings. The summed E-state index contributed by atoms with van der Waals surface area (Å²) in [4.78, 5) is 0. The van der Waals surface area contributed by atoms with Gasteiger partial charge in [-0.3, -0.25) is 0 Å². The van der Waals surface area contributed by atoms with Crippen LogP contribution in [-0.4, -0.2) is 68.7 Å². The maximum Gasteiger partial charge on any atom is 0.286 e. The molecule has 0 unspecified atom stereocenters. The van der Waals surface area contributed by atoms with Crippen LogP contribution in [0.15, 0.2) is 12.3 Å². The summed E-state index contributed by atoms with van der Waals surface area (Å²) < 4.78 is 31.0. The molecule has 0 bridgehead atoms. The number of hydrogen-bond donors (Lipinski definition) is 0. The zero-order chi connectivity index (χ0) is 13.5. The molecule has 1 saturated heterocycles. The van der Waals surface area contributed by atoms with Crippen LogP contribution in [0.25, 0.3) is 0 Å². The Morgan fingerprint density at radius 1 is 1.00 bits per heavy atom. The highest BCUT2D eigenvalue weighted by atomic mass is 28.4. The van der Waals surface area contributed by atoms with Gasteiger partial charge in [-0.05, 0) is 13.8 Å². The lowest BCUT2D eigenvalue weighted by Gasteiger charge is -2.13. The minimum atomic E-state index is -0.653. The Morgan fingerprint density at radius 3 is 1.67 bits per heavy atom. The van der Waals surface area contributed by atoms with E-state index in [1.54, 1.807) is 0 Å². The van der Waals surface area contributed by atoms with E-state index in [0.29, 0.717) is 0 Å². The summed E-state index contributed by atoms with van der Waals surface area (Å²) in [7, 11) is -2.98. The summed E-state index contributed by atoms with van der Waals surface area (Å²) in [6.45, 7) is 9.07. The van der Waals surface area contributed by atoms with E-state index in [0.717, 1.165) is 13.2 Å². The fraction of sp³-hybridized carbons (Fsp3) is 0.714. The summed E-state index contributed by atoms with van der Waals surface area (Å²) in [5.41, 5.74) is 1.94. The van der Waals surface area contributed by atoms with Gasteiger partial charge in [0.25, 0.3) is 40.0 Å². The van der Waals surface area contributed by atoms with Crippen molar-refractivity contribution < 1.29 is 25.9 Å². The van der Waals surface area contributed by atoms with Gasteiger partial charge in [0, 0.05) is 13.2 Å². The molecular formula is C7H24O6Si5. The third kappa shape index (κ3) is 13.0. The Morgan fingerprint density at radius 2 is 1.39 bits per heavy atom. The van der Waals surface area contributed by atoms with Gasteiger partial charge in [-0.2, -0.15) is 0 Å². The van der Waals surface area contributed by atoms with Crippen LogP contribution >= 0.6 is 0 Å². The molecule has 0 N–H and O–H groups in total. The van der Waals surface area contributed by atoms with Crippen LogP contribution < -0.4 is 0 Å². The maximum atomic E-state index is 5.29. The smallest absolute Gasteiger partial charge is 0.286 e. The van der Waals surface area contributed by atoms with E-state index in [4.69, 9.17) is 25.9 Å². The monoisotopic (exact) mass is 344 g/mol. The molecule has 1 rings (SSSR count). The molecule has 0 atom stereocenters. The van der Waals surface area contributed by atoms with Crippen molar-refractivity contribution in [3.05, 3.63) is 12.3 Å². The zero-order valence-corrected chi connectivity index (χ0v) is 18.3. The minimum Gasteiger partial charge on any atom is -0.425 e. The Kier molecular flexibility index (Phi) is 16.1. The van der Waals surface area contributed by atoms with Crippen LogP contribution in [0.5, 0.6) is 0 Å². The van der Waals surface area contributed by atoms with Crippen molar-refractivity contribution in [3.8, 4) is 0 Å². The normalized spacial score (nSPS) is 22.4. The third-order valence-corrected chi connectivity index (χ3v) is 8.25. The van der Waals surface area contributed by atoms with Gasteiger partial charge in [0.1, 0.15) is 15.4 Å². The van der Waals surface area contributed by atoms with Gasteiger partial charge in [0.2, 0.25) is 0 Å². The number of rotatable bonds is 6. The molecule has 0 saturated carbocycles. The van der Waals surface area contributed by atoms with Crippen molar-refractivity contribution >= 4 is 49.5 Å². The van der Waals surface area contributed by atoms with E-state index in [2.05, 4.69) is 6.58 Å². The molecule has 0 aliphatic carbocycles. The molecule has 0 spiro atoms. The zero-order valence-electron chi connectivity index (χ0n) is 11.3. The molecule has 1 heterocycles. The molecule has 0 amide bonds. The quantitative estimate of drug-likeness (QED) is 0.372. The molecular weight excluding hydrogens is 321 g/mol. The van der Waals surface area contributed by atoms with Crippen molar-refractivity contribution in [2.45, 2.75) is 19.8 Å². The predicted octanol–water partition coefficient (Wildman–Crippen LogP) is -3.28. The highest BCUT2D eigenvalue weighted by Crippen LogP contribution is 1.92. The first kappa shape index (κ1) is 18.6. The van der Waals surface area contributed by atoms with Gasteiger partial charge in [0.15, 0.2) is 0 Å². The molecule has 18 heavy (non-hydrogen) atoms. The van der Waals surface area contributed by atoms with Crippen LogP contribution in [0.1, 0.15) is 13.8 Å². The van der Waals surface area contributed by atoms with Crippen LogP contribution in [-0.2, 0) is 25.9 Å². The lowest BCUT2D eigenvalue weighted by molar-refractivity contribution is -0.0818. The highest BCUT2D eigenvalue weighted by Gasteiger charge is 2.03. The van der Waals surface area contributed by atoms with Gasteiger partial charge in [-0.15, -0.1) is 12.3 Å². The van der Waals surface area contributed by atoms with Crippen LogP contribution in [0.3, 0.4) is 0 Å². The highest BCUT2D eigenvalue weighted by molar-refractivity contribution is 6.50. The largest absolute Gasteiger partial charge is 0.425 e. The van der Waals surface area contributed by atoms with Gasteiger partial charge < -0.3 is 25.9 Å². The van der Waals surface area contributed by atoms with E-state index in [1.165, 1.54) is 0 Å². The van der Waals surface area contributed by atoms with Crippen LogP contribution in [0.4, 0.5) is 0 Å². The second-order valence-electron chi connectivity index (χ2n) is 3.15. The van der Waals surface area contributed by atoms with Crippen LogP contribution in [0, 0.1) is 0 Å². The SMILES string of the molecule is C=C[SiH2]C(OCC)OCC.O1[SiH2]O[SiH2]O[SiH2]O[SiH2]1. The predicted molar refractivity (Wildman–Crippen MR) is 84.3 cm³/mol. The first-order chi connectivity index (χ1) is 8.85. The fourth-order valence-electron chi connectivity index (χ4n) is 1.06. The lowest BCUT2D eigenvalue weighted by atomic mass is 10.8. The average Bonchev–Trinajstić information content (AvgIpc) is 2.30. The summed E-state index contributed by atoms with van der Waals surface area (Å²) in [6.07, 6.45) is 0. The van der Waals surface area contributed by atoms with E-state index in [-0.39, 0.29) is 15.4 Å². The minimum absolute atomic E-state index is 0.0486. The molecule has 0 radical (unpaired) electrons. The summed E-state index contributed by atoms with van der Waals surface area (Å²) in [5, 5.41) is 0. The number of ether oxygens (including phenoxy) is 2. The van der Waals surface area contributed by atoms with Crippen LogP contribution in [0.2, 0.25) is 0 Å². The third-order valence-electron chi connectivity index (χ3n) is 1.73. The molecule has 0 aromatic carbocycles. The van der Waals surface area contributed by atoms with E-state index < -0.39 is 40.0 Å². The lowest BCUT2D eigenvalue weighted by Crippen LogP contribution is -2.23. The van der Waals surface area contributed by atoms with Gasteiger partial charge in [0.05, 0.1) is 0 Å². The summed E-state index contributed by atoms with van der Waals surface area (Å²) >= 11 is 0. The van der Waals surface area contributed by atoms with Gasteiger partial charge in [-0.1, -0.05) is 0 Å². The fourth-order valence-corrected chi connectivity index (χ4v) is 9.30. The molecule has 0 aromatic rings. The van der Waals surface area contributed by atoms with E-state index in [9.17, 15) is 0 Å². The van der Waals surface area contributed by atoms with Gasteiger partial charge >= 0.3 is 0 Å². The Balaban J connectivity index is 0.000000327. The first-order valence-corrected chi connectivity index (χ1v) is 12.2. The second-order valence-corrected chi connectivity index (χ2v) is 12.3. The second kappa shape index (κ2) is 15.6. The van der Waals surface area contributed by atoms with Crippen molar-refractivity contribution in [1.29, 1.82) is 0 Å². The Bertz CT molecular complexity index is 158. The Labute approximate surface area is 121 Å². The standard InChI is InChI=1S/C7H16O2Si.H8O4Si4/c1-4-8-7(9-5-2)10-6-3;1-5-2-7-4-8-3-6-1/h6-7H,3-5,10H2,1-2H3;5-8H2. The van der Waals surface area contributed by atoms with Crippen molar-refractivity contribution in [3.63, 3.8) is 0 Å². The summed E-state index contributed by atoms with van der Waals surface area (Å²) in [5.74, 6) is 0.0486. The van der Waals surface area contributed by atoms with E-state index in [1.807, 2.05) is 19.5 Å². The number of hydrogen-bond acceptors (Lipinski definition) is 6. The molecule has 11 heteroatoms. The van der Waals surface area contributed by atoms with Crippen molar-refractivity contribution in [2.24, 2.45) is 0 Å². The molecule has 6 nitrogen and oxygen atoms in total. The maximum absolute atomic E-state index is 5.29. The topological polar surface area (TPSA) is 55.4 Å². The average molecular weight is 345 g/mol. The van der Waals surface area contributed by atoms with Crippen molar-refractivity contribution in [1.82, 2.24) is 0 Å². The molecule has 1 fully saturated rings. The molecule has 1 aliphatic heterocycles. The van der Waals surface area contributed by atoms with Crippen molar-refractivity contribution in [2.75, 3.05) is 13.2 Å². The van der Waals surface area contributed by atoms with E-state index >= 15 is 0 Å².